The normalized spacial score (nSPS) is 10.4. The van der Waals surface area contributed by atoms with Crippen molar-refractivity contribution in [1.82, 2.24) is 4.90 Å². The molecule has 0 fully saturated rings. The monoisotopic (exact) mass is 273 g/mol. The predicted octanol–water partition coefficient (Wildman–Crippen LogP) is 3.43. The van der Waals surface area contributed by atoms with Gasteiger partial charge < -0.3 is 5.11 Å². The lowest BCUT2D eigenvalue weighted by molar-refractivity contribution is 0.282. The molecule has 0 heterocycles. The SMILES string of the molecule is CCCCN(CC#Cc1ccc(CO)cc1)CCCC. The molecule has 0 aromatic heterocycles. The molecule has 0 atom stereocenters. The summed E-state index contributed by atoms with van der Waals surface area (Å²) in [6.45, 7) is 7.69. The molecule has 0 spiro atoms. The van der Waals surface area contributed by atoms with Gasteiger partial charge in [0, 0.05) is 5.56 Å². The molecule has 0 aliphatic carbocycles. The molecule has 0 amide bonds. The van der Waals surface area contributed by atoms with Crippen LogP contribution in [0.1, 0.15) is 50.7 Å². The number of aliphatic hydroxyl groups is 1. The Hall–Kier alpha value is -1.30. The maximum absolute atomic E-state index is 9.00. The summed E-state index contributed by atoms with van der Waals surface area (Å²) in [6, 6.07) is 7.80. The fourth-order valence-electron chi connectivity index (χ4n) is 1.98. The average molecular weight is 273 g/mol. The molecule has 0 bridgehead atoms. The van der Waals surface area contributed by atoms with E-state index in [1.54, 1.807) is 0 Å². The first-order valence-corrected chi connectivity index (χ1v) is 7.71. The molecule has 110 valence electrons. The van der Waals surface area contributed by atoms with E-state index in [4.69, 9.17) is 5.11 Å². The van der Waals surface area contributed by atoms with Crippen molar-refractivity contribution in [3.8, 4) is 11.8 Å². The minimum Gasteiger partial charge on any atom is -0.392 e. The Morgan fingerprint density at radius 2 is 1.60 bits per heavy atom. The van der Waals surface area contributed by atoms with Crippen molar-refractivity contribution in [1.29, 1.82) is 0 Å². The lowest BCUT2D eigenvalue weighted by Gasteiger charge is -2.18. The quantitative estimate of drug-likeness (QED) is 0.734. The van der Waals surface area contributed by atoms with E-state index in [0.29, 0.717) is 0 Å². The van der Waals surface area contributed by atoms with Gasteiger partial charge in [0.1, 0.15) is 0 Å². The van der Waals surface area contributed by atoms with Crippen LogP contribution in [0.5, 0.6) is 0 Å². The van der Waals surface area contributed by atoms with Crippen molar-refractivity contribution in [2.45, 2.75) is 46.1 Å². The zero-order valence-corrected chi connectivity index (χ0v) is 12.9. The van der Waals surface area contributed by atoms with Crippen molar-refractivity contribution in [3.05, 3.63) is 35.4 Å². The summed E-state index contributed by atoms with van der Waals surface area (Å²) in [4.78, 5) is 2.45. The minimum absolute atomic E-state index is 0.0928. The predicted molar refractivity (Wildman–Crippen MR) is 85.5 cm³/mol. The first-order chi connectivity index (χ1) is 9.80. The van der Waals surface area contributed by atoms with E-state index in [-0.39, 0.29) is 6.61 Å². The second-order valence-electron chi connectivity index (χ2n) is 5.14. The van der Waals surface area contributed by atoms with Crippen LogP contribution >= 0.6 is 0 Å². The van der Waals surface area contributed by atoms with Gasteiger partial charge in [-0.2, -0.15) is 0 Å². The third-order valence-corrected chi connectivity index (χ3v) is 3.33. The first-order valence-electron chi connectivity index (χ1n) is 7.71. The second-order valence-corrected chi connectivity index (χ2v) is 5.14. The molecule has 2 nitrogen and oxygen atoms in total. The molecule has 20 heavy (non-hydrogen) atoms. The van der Waals surface area contributed by atoms with Gasteiger partial charge in [-0.15, -0.1) is 0 Å². The highest BCUT2D eigenvalue weighted by Gasteiger charge is 2.01. The molecule has 0 saturated heterocycles. The van der Waals surface area contributed by atoms with E-state index < -0.39 is 0 Å². The van der Waals surface area contributed by atoms with Crippen molar-refractivity contribution in [2.75, 3.05) is 19.6 Å². The fourth-order valence-corrected chi connectivity index (χ4v) is 1.98. The van der Waals surface area contributed by atoms with Crippen LogP contribution in [0.2, 0.25) is 0 Å². The molecule has 1 aromatic rings. The highest BCUT2D eigenvalue weighted by atomic mass is 16.3. The lowest BCUT2D eigenvalue weighted by Crippen LogP contribution is -2.26. The Balaban J connectivity index is 2.49. The van der Waals surface area contributed by atoms with Gasteiger partial charge in [0.15, 0.2) is 0 Å². The third kappa shape index (κ3) is 6.75. The van der Waals surface area contributed by atoms with Crippen LogP contribution in [0, 0.1) is 11.8 Å². The Kier molecular flexibility index (Phi) is 8.78. The Bertz CT molecular complexity index is 405. The molecular formula is C18H27NO. The van der Waals surface area contributed by atoms with E-state index in [2.05, 4.69) is 30.6 Å². The molecule has 1 aromatic carbocycles. The smallest absolute Gasteiger partial charge is 0.0681 e. The molecule has 2 heteroatoms. The van der Waals surface area contributed by atoms with Crippen LogP contribution in [-0.2, 0) is 6.61 Å². The van der Waals surface area contributed by atoms with Gasteiger partial charge in [-0.05, 0) is 43.6 Å². The van der Waals surface area contributed by atoms with E-state index in [9.17, 15) is 0 Å². The molecule has 0 aliphatic heterocycles. The summed E-state index contributed by atoms with van der Waals surface area (Å²) in [7, 11) is 0. The minimum atomic E-state index is 0.0928. The van der Waals surface area contributed by atoms with Crippen LogP contribution in [0.4, 0.5) is 0 Å². The van der Waals surface area contributed by atoms with Gasteiger partial charge in [-0.1, -0.05) is 50.7 Å². The zero-order chi connectivity index (χ0) is 14.6. The molecule has 0 radical (unpaired) electrons. The third-order valence-electron chi connectivity index (χ3n) is 3.33. The number of nitrogens with zero attached hydrogens (tertiary/aromatic N) is 1. The molecule has 1 N–H and O–H groups in total. The largest absolute Gasteiger partial charge is 0.392 e. The Morgan fingerprint density at radius 3 is 2.10 bits per heavy atom. The van der Waals surface area contributed by atoms with E-state index in [1.807, 2.05) is 24.3 Å². The van der Waals surface area contributed by atoms with Crippen molar-refractivity contribution < 1.29 is 5.11 Å². The molecule has 0 saturated carbocycles. The van der Waals surface area contributed by atoms with Crippen LogP contribution in [0.15, 0.2) is 24.3 Å². The summed E-state index contributed by atoms with van der Waals surface area (Å²) in [6.07, 6.45) is 4.96. The Labute approximate surface area is 123 Å². The van der Waals surface area contributed by atoms with Crippen LogP contribution < -0.4 is 0 Å². The fraction of sp³-hybridized carbons (Fsp3) is 0.556. The topological polar surface area (TPSA) is 23.5 Å². The van der Waals surface area contributed by atoms with Crippen molar-refractivity contribution >= 4 is 0 Å². The van der Waals surface area contributed by atoms with Gasteiger partial charge in [-0.3, -0.25) is 4.90 Å². The van der Waals surface area contributed by atoms with Gasteiger partial charge in [0.2, 0.25) is 0 Å². The number of hydrogen-bond donors (Lipinski definition) is 1. The van der Waals surface area contributed by atoms with Crippen molar-refractivity contribution in [2.24, 2.45) is 0 Å². The number of rotatable bonds is 8. The van der Waals surface area contributed by atoms with Crippen molar-refractivity contribution in [3.63, 3.8) is 0 Å². The van der Waals surface area contributed by atoms with Gasteiger partial charge in [-0.25, -0.2) is 0 Å². The van der Waals surface area contributed by atoms with E-state index >= 15 is 0 Å². The summed E-state index contributed by atoms with van der Waals surface area (Å²) in [5, 5.41) is 9.00. The molecule has 1 rings (SSSR count). The van der Waals surface area contributed by atoms with Gasteiger partial charge in [0.05, 0.1) is 13.2 Å². The standard InChI is InChI=1S/C18H27NO/c1-3-5-13-19(14-6-4-2)15-7-8-17-9-11-18(16-20)12-10-17/h9-12,20H,3-6,13-16H2,1-2H3. The number of aliphatic hydroxyl groups excluding tert-OH is 1. The van der Waals surface area contributed by atoms with E-state index in [1.165, 1.54) is 25.7 Å². The van der Waals surface area contributed by atoms with Crippen LogP contribution in [0.3, 0.4) is 0 Å². The molecular weight excluding hydrogens is 246 g/mol. The number of unbranched alkanes of at least 4 members (excludes halogenated alkanes) is 2. The van der Waals surface area contributed by atoms with Gasteiger partial charge in [0.25, 0.3) is 0 Å². The van der Waals surface area contributed by atoms with Crippen LogP contribution in [-0.4, -0.2) is 29.6 Å². The highest BCUT2D eigenvalue weighted by Crippen LogP contribution is 2.03. The molecule has 0 unspecified atom stereocenters. The summed E-state index contributed by atoms with van der Waals surface area (Å²) in [5.74, 6) is 6.48. The maximum Gasteiger partial charge on any atom is 0.0681 e. The van der Waals surface area contributed by atoms with Gasteiger partial charge >= 0.3 is 0 Å². The number of benzene rings is 1. The zero-order valence-electron chi connectivity index (χ0n) is 12.9. The maximum atomic E-state index is 9.00. The first kappa shape index (κ1) is 16.8. The Morgan fingerprint density at radius 1 is 1.00 bits per heavy atom. The average Bonchev–Trinajstić information content (AvgIpc) is 2.50. The highest BCUT2D eigenvalue weighted by molar-refractivity contribution is 5.36. The number of hydrogen-bond acceptors (Lipinski definition) is 2. The summed E-state index contributed by atoms with van der Waals surface area (Å²) in [5.41, 5.74) is 1.95. The van der Waals surface area contributed by atoms with Crippen LogP contribution in [0.25, 0.3) is 0 Å². The van der Waals surface area contributed by atoms with E-state index in [0.717, 1.165) is 30.8 Å². The summed E-state index contributed by atoms with van der Waals surface area (Å²) < 4.78 is 0. The second kappa shape index (κ2) is 10.5. The lowest BCUT2D eigenvalue weighted by atomic mass is 10.1. The summed E-state index contributed by atoms with van der Waals surface area (Å²) >= 11 is 0. The molecule has 0 aliphatic rings.